The van der Waals surface area contributed by atoms with Crippen molar-refractivity contribution in [1.29, 1.82) is 0 Å². The number of piperidine rings is 2. The Kier molecular flexibility index (Phi) is 19.0. The summed E-state index contributed by atoms with van der Waals surface area (Å²) < 4.78 is 1.13. The Hall–Kier alpha value is -5.94. The minimum atomic E-state index is -1.34. The van der Waals surface area contributed by atoms with Crippen molar-refractivity contribution in [2.24, 2.45) is 11.8 Å². The number of halogens is 1. The van der Waals surface area contributed by atoms with Crippen LogP contribution in [-0.2, 0) is 24.0 Å². The molecule has 10 rings (SSSR count). The maximum Gasteiger partial charge on any atom is 0.488 e. The first-order valence-corrected chi connectivity index (χ1v) is 26.4. The zero-order valence-electron chi connectivity index (χ0n) is 41.2. The summed E-state index contributed by atoms with van der Waals surface area (Å²) in [4.78, 5) is 5.09. The molecule has 368 valence electrons. The first-order chi connectivity index (χ1) is 35.2. The molecule has 4 N–H and O–H groups in total. The maximum atomic E-state index is 12.1. The third-order valence-corrected chi connectivity index (χ3v) is 15.2. The molecule has 0 radical (unpaired) electrons. The van der Waals surface area contributed by atoms with Gasteiger partial charge in [0.05, 0.1) is 0 Å². The Morgan fingerprint density at radius 1 is 0.389 bits per heavy atom. The van der Waals surface area contributed by atoms with Crippen LogP contribution >= 0.6 is 15.9 Å². The molecule has 2 aliphatic heterocycles. The van der Waals surface area contributed by atoms with E-state index in [4.69, 9.17) is 10.0 Å². The van der Waals surface area contributed by atoms with Crippen molar-refractivity contribution in [2.75, 3.05) is 39.3 Å². The lowest BCUT2D eigenvalue weighted by Gasteiger charge is -2.42. The standard InChI is InChI=1S/C32H33NO.C26H28BrNO.C6H7BO2/c34-32(29-12-6-2-7-13-29,30-14-8-3-9-15-30)31-21-24-33(25-22-31)23-20-26-16-18-28(19-17-26)27-10-4-1-5-11-27;27-25-13-11-21(12-14-25)15-18-28-19-16-24(17-20-28)26(29,22-7-3-1-4-8-22)23-9-5-2-6-10-23;8-7(9)6-4-2-1-3-5-6/h1-19,31,34H,20-25H2;1-14,24,29H,15-20H2;1-5,8-9H. The number of hydrogen-bond acceptors (Lipinski definition) is 6. The summed E-state index contributed by atoms with van der Waals surface area (Å²) in [5.74, 6) is 0.426. The number of aliphatic hydroxyl groups is 2. The fourth-order valence-electron chi connectivity index (χ4n) is 10.5. The molecule has 2 saturated heterocycles. The molecule has 8 aromatic carbocycles. The minimum Gasteiger partial charge on any atom is -0.423 e. The number of likely N-dealkylation sites (tertiary alicyclic amines) is 2. The summed E-state index contributed by atoms with van der Waals surface area (Å²) in [5, 5.41) is 41.2. The summed E-state index contributed by atoms with van der Waals surface area (Å²) in [6, 6.07) is 77.6. The molecular weight excluding hydrogens is 951 g/mol. The first-order valence-electron chi connectivity index (χ1n) is 25.6. The van der Waals surface area contributed by atoms with Gasteiger partial charge in [0.1, 0.15) is 11.2 Å². The number of rotatable bonds is 14. The molecule has 0 aliphatic carbocycles. The highest BCUT2D eigenvalue weighted by atomic mass is 79.9. The largest absolute Gasteiger partial charge is 0.488 e. The highest BCUT2D eigenvalue weighted by Crippen LogP contribution is 2.43. The second kappa shape index (κ2) is 26.1. The third-order valence-electron chi connectivity index (χ3n) is 14.7. The highest BCUT2D eigenvalue weighted by molar-refractivity contribution is 9.10. The van der Waals surface area contributed by atoms with E-state index in [1.54, 1.807) is 24.3 Å². The van der Waals surface area contributed by atoms with Gasteiger partial charge in [-0.1, -0.05) is 234 Å². The van der Waals surface area contributed by atoms with Crippen molar-refractivity contribution in [1.82, 2.24) is 9.80 Å². The lowest BCUT2D eigenvalue weighted by atomic mass is 9.72. The van der Waals surface area contributed by atoms with Crippen LogP contribution in [0.25, 0.3) is 11.1 Å². The maximum absolute atomic E-state index is 12.1. The van der Waals surface area contributed by atoms with Gasteiger partial charge < -0.3 is 30.1 Å². The number of nitrogens with zero attached hydrogens (tertiary/aromatic N) is 2. The van der Waals surface area contributed by atoms with Crippen molar-refractivity contribution >= 4 is 28.5 Å². The molecule has 2 heterocycles. The quantitative estimate of drug-likeness (QED) is 0.0812. The molecule has 6 nitrogen and oxygen atoms in total. The van der Waals surface area contributed by atoms with E-state index in [1.807, 2.05) is 78.9 Å². The van der Waals surface area contributed by atoms with Gasteiger partial charge >= 0.3 is 7.12 Å². The molecule has 2 aliphatic rings. The lowest BCUT2D eigenvalue weighted by Crippen LogP contribution is -2.44. The van der Waals surface area contributed by atoms with E-state index in [0.29, 0.717) is 5.46 Å². The van der Waals surface area contributed by atoms with E-state index in [2.05, 4.69) is 153 Å². The average Bonchev–Trinajstić information content (AvgIpc) is 3.46. The first kappa shape index (κ1) is 52.4. The van der Waals surface area contributed by atoms with Gasteiger partial charge in [0.25, 0.3) is 0 Å². The SMILES string of the molecule is OB(O)c1ccccc1.OC(c1ccccc1)(c1ccccc1)C1CCN(CCc2ccc(-c3ccccc3)cc2)CC1.OC(c1ccccc1)(c1ccccc1)C1CCN(CCc2ccc(Br)cc2)CC1. The van der Waals surface area contributed by atoms with Crippen LogP contribution in [0.5, 0.6) is 0 Å². The van der Waals surface area contributed by atoms with Crippen LogP contribution in [0.1, 0.15) is 59.1 Å². The summed E-state index contributed by atoms with van der Waals surface area (Å²) in [6.45, 7) is 6.24. The summed E-state index contributed by atoms with van der Waals surface area (Å²) in [6.07, 6.45) is 6.11. The number of hydrogen-bond donors (Lipinski definition) is 4. The van der Waals surface area contributed by atoms with Gasteiger partial charge in [0.2, 0.25) is 0 Å². The van der Waals surface area contributed by atoms with Gasteiger partial charge in [-0.15, -0.1) is 0 Å². The fraction of sp³-hybridized carbons (Fsp3) is 0.250. The van der Waals surface area contributed by atoms with Crippen molar-refractivity contribution < 1.29 is 20.3 Å². The predicted octanol–water partition coefficient (Wildman–Crippen LogP) is 11.6. The molecule has 0 amide bonds. The molecule has 0 aromatic heterocycles. The second-order valence-electron chi connectivity index (χ2n) is 19.2. The van der Waals surface area contributed by atoms with Gasteiger partial charge in [-0.2, -0.15) is 0 Å². The van der Waals surface area contributed by atoms with E-state index in [0.717, 1.165) is 105 Å². The van der Waals surface area contributed by atoms with E-state index in [1.165, 1.54) is 22.3 Å². The van der Waals surface area contributed by atoms with Crippen molar-refractivity contribution in [2.45, 2.75) is 49.7 Å². The van der Waals surface area contributed by atoms with Gasteiger partial charge in [0.15, 0.2) is 0 Å². The van der Waals surface area contributed by atoms with Gasteiger partial charge in [-0.25, -0.2) is 0 Å². The molecule has 8 heteroatoms. The Bertz CT molecular complexity index is 2680. The van der Waals surface area contributed by atoms with Crippen LogP contribution in [0, 0.1) is 11.8 Å². The van der Waals surface area contributed by atoms with Crippen molar-refractivity contribution in [3.63, 3.8) is 0 Å². The van der Waals surface area contributed by atoms with Crippen LogP contribution in [0.2, 0.25) is 0 Å². The normalized spacial score (nSPS) is 14.8. The second-order valence-corrected chi connectivity index (χ2v) is 20.1. The van der Waals surface area contributed by atoms with E-state index in [9.17, 15) is 10.2 Å². The Labute approximate surface area is 436 Å². The van der Waals surface area contributed by atoms with Crippen LogP contribution < -0.4 is 5.46 Å². The minimum absolute atomic E-state index is 0.207. The fourth-order valence-corrected chi connectivity index (χ4v) is 10.8. The summed E-state index contributed by atoms with van der Waals surface area (Å²) in [5.41, 5.74) is 7.94. The van der Waals surface area contributed by atoms with Crippen LogP contribution in [0.4, 0.5) is 0 Å². The third kappa shape index (κ3) is 13.8. The van der Waals surface area contributed by atoms with Crippen LogP contribution in [-0.4, -0.2) is 76.4 Å². The molecule has 0 saturated carbocycles. The molecule has 0 atom stereocenters. The van der Waals surface area contributed by atoms with E-state index >= 15 is 0 Å². The zero-order valence-corrected chi connectivity index (χ0v) is 42.8. The van der Waals surface area contributed by atoms with Crippen molar-refractivity contribution in [3.05, 3.63) is 268 Å². The van der Waals surface area contributed by atoms with E-state index in [-0.39, 0.29) is 11.8 Å². The molecule has 0 bridgehead atoms. The molecule has 0 spiro atoms. The highest BCUT2D eigenvalue weighted by Gasteiger charge is 2.42. The van der Waals surface area contributed by atoms with Gasteiger partial charge in [-0.3, -0.25) is 0 Å². The monoisotopic (exact) mass is 1020 g/mol. The average molecular weight is 1020 g/mol. The van der Waals surface area contributed by atoms with Crippen LogP contribution in [0.3, 0.4) is 0 Å². The smallest absolute Gasteiger partial charge is 0.423 e. The predicted molar refractivity (Wildman–Crippen MR) is 300 cm³/mol. The Morgan fingerprint density at radius 3 is 1.00 bits per heavy atom. The lowest BCUT2D eigenvalue weighted by molar-refractivity contribution is -0.0141. The molecule has 2 fully saturated rings. The summed E-state index contributed by atoms with van der Waals surface area (Å²) >= 11 is 3.50. The molecule has 8 aromatic rings. The van der Waals surface area contributed by atoms with E-state index < -0.39 is 18.3 Å². The molecule has 72 heavy (non-hydrogen) atoms. The molecule has 0 unspecified atom stereocenters. The van der Waals surface area contributed by atoms with Crippen LogP contribution in [0.15, 0.2) is 235 Å². The summed E-state index contributed by atoms with van der Waals surface area (Å²) in [7, 11) is -1.34. The number of benzene rings is 8. The van der Waals surface area contributed by atoms with Gasteiger partial charge in [-0.05, 0) is 139 Å². The molecular formula is C64H68BBrN2O4. The Balaban J connectivity index is 0.000000166. The van der Waals surface area contributed by atoms with Crippen molar-refractivity contribution in [3.8, 4) is 11.1 Å². The zero-order chi connectivity index (χ0) is 50.0. The topological polar surface area (TPSA) is 87.4 Å². The van der Waals surface area contributed by atoms with Gasteiger partial charge in [0, 0.05) is 17.6 Å². The Morgan fingerprint density at radius 2 is 0.681 bits per heavy atom.